The number of rotatable bonds is 6. The molecule has 0 unspecified atom stereocenters. The van der Waals surface area contributed by atoms with Crippen molar-refractivity contribution in [1.82, 2.24) is 14.5 Å². The molecule has 10 aromatic rings. The lowest BCUT2D eigenvalue weighted by molar-refractivity contribution is 1.16. The standard InChI is InChI=1S/C48H31N3S/c1-4-12-32(13-5-1)36-22-26-44-40(28-36)41-29-37(33-14-6-2-7-15-33)23-27-45(41)51(44)39-24-20-35(21-25-39)48-49-42(34-16-8-3-9-17-34)31-43(50-48)47-30-38-18-10-11-19-46(38)52-47/h1-31H. The van der Waals surface area contributed by atoms with Crippen molar-refractivity contribution >= 4 is 43.2 Å². The van der Waals surface area contributed by atoms with Gasteiger partial charge in [-0.2, -0.15) is 0 Å². The number of benzene rings is 7. The Morgan fingerprint density at radius 1 is 0.385 bits per heavy atom. The molecule has 0 spiro atoms. The third-order valence-electron chi connectivity index (χ3n) is 9.84. The van der Waals surface area contributed by atoms with E-state index in [0.29, 0.717) is 5.82 Å². The summed E-state index contributed by atoms with van der Waals surface area (Å²) in [7, 11) is 0. The van der Waals surface area contributed by atoms with Gasteiger partial charge >= 0.3 is 0 Å². The van der Waals surface area contributed by atoms with Gasteiger partial charge in [-0.3, -0.25) is 0 Å². The number of fused-ring (bicyclic) bond motifs is 4. The monoisotopic (exact) mass is 681 g/mol. The first-order chi connectivity index (χ1) is 25.7. The van der Waals surface area contributed by atoms with Gasteiger partial charge < -0.3 is 4.57 Å². The van der Waals surface area contributed by atoms with Crippen molar-refractivity contribution in [2.24, 2.45) is 0 Å². The Balaban J connectivity index is 1.11. The zero-order valence-electron chi connectivity index (χ0n) is 28.1. The molecule has 0 aliphatic rings. The van der Waals surface area contributed by atoms with Crippen molar-refractivity contribution in [3.8, 4) is 61.2 Å². The van der Waals surface area contributed by atoms with Crippen molar-refractivity contribution in [2.75, 3.05) is 0 Å². The van der Waals surface area contributed by atoms with Crippen molar-refractivity contribution in [1.29, 1.82) is 0 Å². The lowest BCUT2D eigenvalue weighted by Gasteiger charge is -2.11. The summed E-state index contributed by atoms with van der Waals surface area (Å²) in [6.45, 7) is 0. The maximum Gasteiger partial charge on any atom is 0.160 e. The van der Waals surface area contributed by atoms with Gasteiger partial charge in [0.25, 0.3) is 0 Å². The van der Waals surface area contributed by atoms with Crippen LogP contribution in [0.4, 0.5) is 0 Å². The van der Waals surface area contributed by atoms with Crippen LogP contribution in [0, 0.1) is 0 Å². The molecule has 4 heteroatoms. The highest BCUT2D eigenvalue weighted by Gasteiger charge is 2.17. The van der Waals surface area contributed by atoms with Gasteiger partial charge in [-0.25, -0.2) is 9.97 Å². The second kappa shape index (κ2) is 12.6. The third-order valence-corrected chi connectivity index (χ3v) is 11.0. The molecule has 3 nitrogen and oxygen atoms in total. The van der Waals surface area contributed by atoms with E-state index in [1.807, 2.05) is 6.07 Å². The molecule has 0 saturated carbocycles. The van der Waals surface area contributed by atoms with Crippen molar-refractivity contribution < 1.29 is 0 Å². The van der Waals surface area contributed by atoms with Gasteiger partial charge in [0.2, 0.25) is 0 Å². The normalized spacial score (nSPS) is 11.5. The van der Waals surface area contributed by atoms with E-state index < -0.39 is 0 Å². The molecular weight excluding hydrogens is 651 g/mol. The summed E-state index contributed by atoms with van der Waals surface area (Å²) in [6, 6.07) is 66.8. The number of thiophene rings is 1. The molecule has 0 fully saturated rings. The highest BCUT2D eigenvalue weighted by Crippen LogP contribution is 2.39. The summed E-state index contributed by atoms with van der Waals surface area (Å²) >= 11 is 1.77. The molecule has 0 aliphatic carbocycles. The predicted octanol–water partition coefficient (Wildman–Crippen LogP) is 13.1. The molecule has 10 rings (SSSR count). The van der Waals surface area contributed by atoms with E-state index in [-0.39, 0.29) is 0 Å². The van der Waals surface area contributed by atoms with Gasteiger partial charge in [0.1, 0.15) is 0 Å². The van der Waals surface area contributed by atoms with Gasteiger partial charge in [0, 0.05) is 32.3 Å². The van der Waals surface area contributed by atoms with Crippen LogP contribution in [0.3, 0.4) is 0 Å². The predicted molar refractivity (Wildman–Crippen MR) is 219 cm³/mol. The first kappa shape index (κ1) is 30.2. The van der Waals surface area contributed by atoms with Gasteiger partial charge in [0.15, 0.2) is 5.82 Å². The third kappa shape index (κ3) is 5.38. The van der Waals surface area contributed by atoms with Crippen LogP contribution in [-0.2, 0) is 0 Å². The highest BCUT2D eigenvalue weighted by atomic mass is 32.1. The Labute approximate surface area is 305 Å². The first-order valence-electron chi connectivity index (χ1n) is 17.5. The first-order valence-corrected chi connectivity index (χ1v) is 18.3. The van der Waals surface area contributed by atoms with E-state index in [4.69, 9.17) is 9.97 Å². The molecule has 3 heterocycles. The van der Waals surface area contributed by atoms with Gasteiger partial charge in [-0.15, -0.1) is 11.3 Å². The molecule has 0 N–H and O–H groups in total. The largest absolute Gasteiger partial charge is 0.309 e. The number of aromatic nitrogens is 3. The SMILES string of the molecule is c1ccc(-c2ccc3c(c2)c2cc(-c4ccccc4)ccc2n3-c2ccc(-c3nc(-c4ccccc4)cc(-c4cc5ccccc5s4)n3)cc2)cc1. The maximum atomic E-state index is 5.16. The Morgan fingerprint density at radius 2 is 0.904 bits per heavy atom. The molecule has 0 amide bonds. The second-order valence-electron chi connectivity index (χ2n) is 13.1. The fourth-order valence-electron chi connectivity index (χ4n) is 7.25. The zero-order chi connectivity index (χ0) is 34.4. The van der Waals surface area contributed by atoms with Gasteiger partial charge in [0.05, 0.1) is 27.3 Å². The summed E-state index contributed by atoms with van der Waals surface area (Å²) in [4.78, 5) is 11.4. The average molecular weight is 682 g/mol. The number of hydrogen-bond acceptors (Lipinski definition) is 3. The van der Waals surface area contributed by atoms with Crippen LogP contribution in [-0.4, -0.2) is 14.5 Å². The van der Waals surface area contributed by atoms with Gasteiger partial charge in [-0.1, -0.05) is 121 Å². The van der Waals surface area contributed by atoms with Crippen molar-refractivity contribution in [3.05, 3.63) is 188 Å². The Morgan fingerprint density at radius 3 is 1.50 bits per heavy atom. The topological polar surface area (TPSA) is 30.7 Å². The van der Waals surface area contributed by atoms with Crippen LogP contribution in [0.25, 0.3) is 93.0 Å². The fourth-order valence-corrected chi connectivity index (χ4v) is 8.27. The van der Waals surface area contributed by atoms with E-state index in [9.17, 15) is 0 Å². The van der Waals surface area contributed by atoms with Crippen LogP contribution < -0.4 is 0 Å². The van der Waals surface area contributed by atoms with Crippen LogP contribution >= 0.6 is 11.3 Å². The molecule has 0 atom stereocenters. The summed E-state index contributed by atoms with van der Waals surface area (Å²) in [5.41, 5.74) is 12.1. The van der Waals surface area contributed by atoms with Crippen LogP contribution in [0.15, 0.2) is 188 Å². The Hall–Kier alpha value is -6.62. The summed E-state index contributed by atoms with van der Waals surface area (Å²) in [6.07, 6.45) is 0. The fraction of sp³-hybridized carbons (Fsp3) is 0. The summed E-state index contributed by atoms with van der Waals surface area (Å²) in [5.74, 6) is 0.711. The van der Waals surface area contributed by atoms with E-state index in [1.54, 1.807) is 11.3 Å². The summed E-state index contributed by atoms with van der Waals surface area (Å²) in [5, 5.41) is 3.68. The van der Waals surface area contributed by atoms with E-state index >= 15 is 0 Å². The molecule has 0 saturated heterocycles. The number of hydrogen-bond donors (Lipinski definition) is 0. The second-order valence-corrected chi connectivity index (χ2v) is 14.1. The molecule has 0 bridgehead atoms. The smallest absolute Gasteiger partial charge is 0.160 e. The maximum absolute atomic E-state index is 5.16. The number of nitrogens with zero attached hydrogens (tertiary/aromatic N) is 3. The Kier molecular flexibility index (Phi) is 7.33. The quantitative estimate of drug-likeness (QED) is 0.175. The highest BCUT2D eigenvalue weighted by molar-refractivity contribution is 7.22. The summed E-state index contributed by atoms with van der Waals surface area (Å²) < 4.78 is 3.63. The lowest BCUT2D eigenvalue weighted by Crippen LogP contribution is -1.97. The van der Waals surface area contributed by atoms with Crippen LogP contribution in [0.5, 0.6) is 0 Å². The minimum absolute atomic E-state index is 0.711. The van der Waals surface area contributed by atoms with Crippen molar-refractivity contribution in [2.45, 2.75) is 0 Å². The Bertz CT molecular complexity index is 2740. The minimum atomic E-state index is 0.711. The average Bonchev–Trinajstić information content (AvgIpc) is 3.81. The van der Waals surface area contributed by atoms with Crippen molar-refractivity contribution in [3.63, 3.8) is 0 Å². The zero-order valence-corrected chi connectivity index (χ0v) is 29.0. The molecule has 244 valence electrons. The van der Waals surface area contributed by atoms with E-state index in [2.05, 4.69) is 187 Å². The van der Waals surface area contributed by atoms with Gasteiger partial charge in [-0.05, 0) is 94.4 Å². The molecule has 7 aromatic carbocycles. The molecule has 52 heavy (non-hydrogen) atoms. The minimum Gasteiger partial charge on any atom is -0.309 e. The van der Waals surface area contributed by atoms with E-state index in [0.717, 1.165) is 33.1 Å². The van der Waals surface area contributed by atoms with Crippen LogP contribution in [0.2, 0.25) is 0 Å². The van der Waals surface area contributed by atoms with E-state index in [1.165, 1.54) is 54.1 Å². The molecule has 3 aromatic heterocycles. The molecular formula is C48H31N3S. The molecule has 0 radical (unpaired) electrons. The lowest BCUT2D eigenvalue weighted by atomic mass is 10.0. The molecule has 0 aliphatic heterocycles. The van der Waals surface area contributed by atoms with Crippen LogP contribution in [0.1, 0.15) is 0 Å².